The van der Waals surface area contributed by atoms with Crippen LogP contribution in [0.15, 0.2) is 41.4 Å². The molecule has 0 saturated carbocycles. The number of carbonyl (C=O) groups is 1. The molecule has 1 atom stereocenters. The number of nitrogens with zero attached hydrogens (tertiary/aromatic N) is 2. The van der Waals surface area contributed by atoms with Crippen molar-refractivity contribution in [2.45, 2.75) is 23.7 Å². The van der Waals surface area contributed by atoms with Crippen molar-refractivity contribution < 1.29 is 9.53 Å². The number of thiophene rings is 1. The molecule has 0 aliphatic carbocycles. The van der Waals surface area contributed by atoms with E-state index in [1.807, 2.05) is 40.2 Å². The highest BCUT2D eigenvalue weighted by atomic mass is 32.2. The minimum absolute atomic E-state index is 0.206. The highest BCUT2D eigenvalue weighted by Crippen LogP contribution is 2.46. The molecule has 2 aromatic rings. The second-order valence-corrected chi connectivity index (χ2v) is 8.45. The Hall–Kier alpha value is -1.53. The topological polar surface area (TPSA) is 42.4 Å². The van der Waals surface area contributed by atoms with E-state index in [9.17, 15) is 4.79 Å². The van der Waals surface area contributed by atoms with Crippen molar-refractivity contribution in [3.63, 3.8) is 0 Å². The Morgan fingerprint density at radius 3 is 3.09 bits per heavy atom. The minimum atomic E-state index is 0.206. The van der Waals surface area contributed by atoms with E-state index in [0.717, 1.165) is 36.6 Å². The van der Waals surface area contributed by atoms with Gasteiger partial charge in [0, 0.05) is 31.5 Å². The maximum Gasteiger partial charge on any atom is 0.227 e. The van der Waals surface area contributed by atoms with Crippen LogP contribution >= 0.6 is 23.1 Å². The minimum Gasteiger partial charge on any atom is -0.488 e. The maximum atomic E-state index is 12.3. The number of ether oxygens (including phenoxy) is 1. The van der Waals surface area contributed by atoms with Crippen LogP contribution in [-0.4, -0.2) is 45.5 Å². The van der Waals surface area contributed by atoms with E-state index < -0.39 is 0 Å². The van der Waals surface area contributed by atoms with Crippen LogP contribution in [0.1, 0.15) is 12.0 Å². The highest BCUT2D eigenvalue weighted by molar-refractivity contribution is 8.01. The van der Waals surface area contributed by atoms with Crippen molar-refractivity contribution in [1.82, 2.24) is 9.88 Å². The van der Waals surface area contributed by atoms with Crippen LogP contribution in [0.2, 0.25) is 0 Å². The molecule has 2 aromatic heterocycles. The first-order chi connectivity index (χ1) is 11.2. The molecular formula is C17H18N2O2S2. The molecule has 4 rings (SSSR count). The van der Waals surface area contributed by atoms with E-state index in [-0.39, 0.29) is 16.8 Å². The first-order valence-electron chi connectivity index (χ1n) is 7.72. The average Bonchev–Trinajstić information content (AvgIpc) is 3.16. The van der Waals surface area contributed by atoms with E-state index in [2.05, 4.69) is 10.4 Å². The van der Waals surface area contributed by atoms with E-state index in [0.29, 0.717) is 6.42 Å². The van der Waals surface area contributed by atoms with E-state index in [1.54, 1.807) is 23.7 Å². The van der Waals surface area contributed by atoms with Crippen molar-refractivity contribution in [3.8, 4) is 5.75 Å². The SMILES string of the molecule is O=C(Cc1ccsc1)N1CC2(CC(Oc3cccnc3)CS2)C1. The number of likely N-dealkylation sites (tertiary alicyclic amines) is 1. The Kier molecular flexibility index (Phi) is 4.03. The molecule has 2 saturated heterocycles. The van der Waals surface area contributed by atoms with Gasteiger partial charge in [-0.15, -0.1) is 11.8 Å². The summed E-state index contributed by atoms with van der Waals surface area (Å²) in [5.74, 6) is 2.06. The van der Waals surface area contributed by atoms with Gasteiger partial charge in [0.1, 0.15) is 11.9 Å². The first-order valence-corrected chi connectivity index (χ1v) is 9.65. The summed E-state index contributed by atoms with van der Waals surface area (Å²) in [6.07, 6.45) is 5.26. The van der Waals surface area contributed by atoms with Crippen LogP contribution in [0, 0.1) is 0 Å². The Morgan fingerprint density at radius 1 is 1.43 bits per heavy atom. The molecule has 2 aliphatic heterocycles. The molecule has 0 aromatic carbocycles. The molecular weight excluding hydrogens is 328 g/mol. The predicted octanol–water partition coefficient (Wildman–Crippen LogP) is 2.85. The fourth-order valence-corrected chi connectivity index (χ4v) is 5.41. The van der Waals surface area contributed by atoms with Gasteiger partial charge >= 0.3 is 0 Å². The molecule has 1 amide bonds. The van der Waals surface area contributed by atoms with E-state index in [4.69, 9.17) is 4.74 Å². The standard InChI is InChI=1S/C17H18N2O2S2/c20-16(6-13-3-5-22-9-13)19-11-17(12-19)7-15(10-23-17)21-14-2-1-4-18-8-14/h1-5,8-9,15H,6-7,10-12H2. The van der Waals surface area contributed by atoms with E-state index in [1.165, 1.54) is 0 Å². The molecule has 2 fully saturated rings. The molecule has 6 heteroatoms. The Labute approximate surface area is 143 Å². The van der Waals surface area contributed by atoms with Gasteiger partial charge in [0.05, 0.1) is 17.4 Å². The molecule has 0 bridgehead atoms. The molecule has 4 nitrogen and oxygen atoms in total. The third-order valence-electron chi connectivity index (χ3n) is 4.36. The zero-order valence-electron chi connectivity index (χ0n) is 12.7. The van der Waals surface area contributed by atoms with Crippen LogP contribution in [0.3, 0.4) is 0 Å². The van der Waals surface area contributed by atoms with Crippen molar-refractivity contribution in [1.29, 1.82) is 0 Å². The van der Waals surface area contributed by atoms with Gasteiger partial charge in [0.15, 0.2) is 0 Å². The number of thioether (sulfide) groups is 1. The quantitative estimate of drug-likeness (QED) is 0.854. The summed E-state index contributed by atoms with van der Waals surface area (Å²) in [6, 6.07) is 5.86. The van der Waals surface area contributed by atoms with Gasteiger partial charge in [-0.25, -0.2) is 0 Å². The lowest BCUT2D eigenvalue weighted by molar-refractivity contribution is -0.135. The monoisotopic (exact) mass is 346 g/mol. The molecule has 23 heavy (non-hydrogen) atoms. The van der Waals surface area contributed by atoms with Gasteiger partial charge in [-0.1, -0.05) is 0 Å². The summed E-state index contributed by atoms with van der Waals surface area (Å²) in [6.45, 7) is 1.71. The molecule has 4 heterocycles. The number of aromatic nitrogens is 1. The molecule has 0 N–H and O–H groups in total. The molecule has 0 radical (unpaired) electrons. The number of rotatable bonds is 4. The van der Waals surface area contributed by atoms with E-state index >= 15 is 0 Å². The second-order valence-electron chi connectivity index (χ2n) is 6.18. The predicted molar refractivity (Wildman–Crippen MR) is 93.1 cm³/mol. The third-order valence-corrected chi connectivity index (χ3v) is 6.67. The molecule has 2 aliphatic rings. The molecule has 1 unspecified atom stereocenters. The van der Waals surface area contributed by atoms with Gasteiger partial charge in [-0.05, 0) is 34.5 Å². The van der Waals surface area contributed by atoms with Crippen molar-refractivity contribution in [2.24, 2.45) is 0 Å². The fourth-order valence-electron chi connectivity index (χ4n) is 3.21. The number of amides is 1. The zero-order valence-corrected chi connectivity index (χ0v) is 14.3. The van der Waals surface area contributed by atoms with Crippen molar-refractivity contribution in [3.05, 3.63) is 46.9 Å². The number of carbonyl (C=O) groups excluding carboxylic acids is 1. The largest absolute Gasteiger partial charge is 0.488 e. The average molecular weight is 346 g/mol. The lowest BCUT2D eigenvalue weighted by Crippen LogP contribution is -2.61. The van der Waals surface area contributed by atoms with Gasteiger partial charge in [0.2, 0.25) is 5.91 Å². The summed E-state index contributed by atoms with van der Waals surface area (Å²) in [5, 5.41) is 4.07. The van der Waals surface area contributed by atoms with Crippen molar-refractivity contribution >= 4 is 29.0 Å². The normalized spacial score (nSPS) is 22.1. The highest BCUT2D eigenvalue weighted by Gasteiger charge is 2.51. The zero-order chi connectivity index (χ0) is 15.7. The van der Waals surface area contributed by atoms with Gasteiger partial charge in [0.25, 0.3) is 0 Å². The smallest absolute Gasteiger partial charge is 0.227 e. The number of pyridine rings is 1. The summed E-state index contributed by atoms with van der Waals surface area (Å²) >= 11 is 3.59. The van der Waals surface area contributed by atoms with Crippen LogP contribution in [0.5, 0.6) is 5.75 Å². The Bertz CT molecular complexity index is 669. The van der Waals surface area contributed by atoms with Gasteiger partial charge in [-0.3, -0.25) is 9.78 Å². The van der Waals surface area contributed by atoms with Crippen LogP contribution in [-0.2, 0) is 11.2 Å². The molecule has 120 valence electrons. The lowest BCUT2D eigenvalue weighted by Gasteiger charge is -2.47. The molecule has 1 spiro atoms. The second kappa shape index (κ2) is 6.17. The van der Waals surface area contributed by atoms with Crippen LogP contribution < -0.4 is 4.74 Å². The van der Waals surface area contributed by atoms with Gasteiger partial charge in [-0.2, -0.15) is 11.3 Å². The number of hydrogen-bond donors (Lipinski definition) is 0. The Morgan fingerprint density at radius 2 is 2.35 bits per heavy atom. The summed E-state index contributed by atoms with van der Waals surface area (Å²) < 4.78 is 6.21. The first kappa shape index (κ1) is 15.0. The summed E-state index contributed by atoms with van der Waals surface area (Å²) in [5.41, 5.74) is 1.12. The Balaban J connectivity index is 1.28. The van der Waals surface area contributed by atoms with Crippen molar-refractivity contribution in [2.75, 3.05) is 18.8 Å². The van der Waals surface area contributed by atoms with Crippen LogP contribution in [0.4, 0.5) is 0 Å². The van der Waals surface area contributed by atoms with Gasteiger partial charge < -0.3 is 9.64 Å². The van der Waals surface area contributed by atoms with Crippen LogP contribution in [0.25, 0.3) is 0 Å². The summed E-state index contributed by atoms with van der Waals surface area (Å²) in [7, 11) is 0. The fraction of sp³-hybridized carbons (Fsp3) is 0.412. The number of hydrogen-bond acceptors (Lipinski definition) is 5. The lowest BCUT2D eigenvalue weighted by atomic mass is 9.92. The third kappa shape index (κ3) is 3.23. The summed E-state index contributed by atoms with van der Waals surface area (Å²) in [4.78, 5) is 18.4. The maximum absolute atomic E-state index is 12.3.